The number of fused-ring (bicyclic) bond motifs is 1. The van der Waals surface area contributed by atoms with Gasteiger partial charge in [-0.3, -0.25) is 9.69 Å². The normalized spacial score (nSPS) is 13.7. The van der Waals surface area contributed by atoms with Crippen molar-refractivity contribution in [2.24, 2.45) is 0 Å². The third-order valence-electron chi connectivity index (χ3n) is 5.80. The Hall–Kier alpha value is -3.85. The van der Waals surface area contributed by atoms with Gasteiger partial charge in [0, 0.05) is 49.7 Å². The van der Waals surface area contributed by atoms with Crippen molar-refractivity contribution in [1.29, 1.82) is 0 Å². The molecule has 32 heavy (non-hydrogen) atoms. The van der Waals surface area contributed by atoms with Crippen molar-refractivity contribution in [2.75, 3.05) is 13.7 Å². The Morgan fingerprint density at radius 2 is 1.91 bits per heavy atom. The summed E-state index contributed by atoms with van der Waals surface area (Å²) in [5.74, 6) is 1.33. The highest BCUT2D eigenvalue weighted by Crippen LogP contribution is 2.22. The molecule has 0 saturated carbocycles. The Morgan fingerprint density at radius 3 is 2.66 bits per heavy atom. The SMILES string of the molecule is COc1ccc(-n2ncc(CN3CCc4nc(-c5cncnc5)[nH]c(=O)c4C3)c2C)cc1. The Kier molecular flexibility index (Phi) is 5.24. The van der Waals surface area contributed by atoms with Crippen LogP contribution in [0.1, 0.15) is 22.5 Å². The van der Waals surface area contributed by atoms with Crippen LogP contribution in [-0.4, -0.2) is 48.3 Å². The molecular weight excluding hydrogens is 406 g/mol. The zero-order valence-corrected chi connectivity index (χ0v) is 17.9. The van der Waals surface area contributed by atoms with Crippen molar-refractivity contribution >= 4 is 0 Å². The Balaban J connectivity index is 1.35. The van der Waals surface area contributed by atoms with Crippen molar-refractivity contribution in [1.82, 2.24) is 34.6 Å². The van der Waals surface area contributed by atoms with Crippen LogP contribution in [0.5, 0.6) is 5.75 Å². The maximum atomic E-state index is 12.8. The predicted octanol–water partition coefficient (Wildman–Crippen LogP) is 2.29. The average molecular weight is 429 g/mol. The summed E-state index contributed by atoms with van der Waals surface area (Å²) in [5.41, 5.74) is 5.35. The Bertz CT molecular complexity index is 1300. The molecule has 1 aromatic carbocycles. The molecule has 4 heterocycles. The molecule has 0 amide bonds. The Morgan fingerprint density at radius 1 is 1.12 bits per heavy atom. The minimum atomic E-state index is -0.107. The number of aromatic amines is 1. The molecule has 9 nitrogen and oxygen atoms in total. The van der Waals surface area contributed by atoms with Crippen LogP contribution >= 0.6 is 0 Å². The number of ether oxygens (including phenoxy) is 1. The van der Waals surface area contributed by atoms with Gasteiger partial charge in [-0.05, 0) is 31.2 Å². The molecule has 0 fully saturated rings. The van der Waals surface area contributed by atoms with Gasteiger partial charge < -0.3 is 9.72 Å². The molecule has 0 spiro atoms. The highest BCUT2D eigenvalue weighted by molar-refractivity contribution is 5.52. The number of hydrogen-bond donors (Lipinski definition) is 1. The van der Waals surface area contributed by atoms with Crippen LogP contribution in [0.3, 0.4) is 0 Å². The van der Waals surface area contributed by atoms with Crippen LogP contribution in [0.15, 0.2) is 54.0 Å². The summed E-state index contributed by atoms with van der Waals surface area (Å²) < 4.78 is 7.16. The van der Waals surface area contributed by atoms with Crippen LogP contribution in [0.25, 0.3) is 17.1 Å². The number of aromatic nitrogens is 6. The number of nitrogens with one attached hydrogen (secondary N) is 1. The molecule has 0 radical (unpaired) electrons. The molecule has 5 rings (SSSR count). The lowest BCUT2D eigenvalue weighted by molar-refractivity contribution is 0.241. The average Bonchev–Trinajstić information content (AvgIpc) is 3.19. The van der Waals surface area contributed by atoms with Crippen molar-refractivity contribution in [2.45, 2.75) is 26.4 Å². The lowest BCUT2D eigenvalue weighted by Gasteiger charge is -2.27. The smallest absolute Gasteiger partial charge is 0.255 e. The molecule has 1 aliphatic heterocycles. The van der Waals surface area contributed by atoms with E-state index in [1.807, 2.05) is 35.1 Å². The van der Waals surface area contributed by atoms with Gasteiger partial charge >= 0.3 is 0 Å². The largest absolute Gasteiger partial charge is 0.497 e. The third-order valence-corrected chi connectivity index (χ3v) is 5.80. The molecule has 0 unspecified atom stereocenters. The first kappa shape index (κ1) is 20.1. The first-order chi connectivity index (χ1) is 15.6. The fourth-order valence-corrected chi connectivity index (χ4v) is 4.00. The molecule has 0 aliphatic carbocycles. The van der Waals surface area contributed by atoms with E-state index < -0.39 is 0 Å². The van der Waals surface area contributed by atoms with Crippen LogP contribution in [0, 0.1) is 6.92 Å². The van der Waals surface area contributed by atoms with Gasteiger partial charge in [-0.25, -0.2) is 19.6 Å². The number of nitrogens with zero attached hydrogens (tertiary/aromatic N) is 6. The van der Waals surface area contributed by atoms with Gasteiger partial charge in [0.1, 0.15) is 17.9 Å². The molecule has 9 heteroatoms. The quantitative estimate of drug-likeness (QED) is 0.519. The molecule has 0 bridgehead atoms. The maximum Gasteiger partial charge on any atom is 0.255 e. The zero-order chi connectivity index (χ0) is 22.1. The second-order valence-electron chi connectivity index (χ2n) is 7.79. The van der Waals surface area contributed by atoms with E-state index in [2.05, 4.69) is 36.9 Å². The van der Waals surface area contributed by atoms with E-state index >= 15 is 0 Å². The van der Waals surface area contributed by atoms with Crippen molar-refractivity contribution in [3.05, 3.63) is 82.1 Å². The van der Waals surface area contributed by atoms with E-state index in [0.29, 0.717) is 24.4 Å². The van der Waals surface area contributed by atoms with Gasteiger partial charge in [-0.15, -0.1) is 0 Å². The predicted molar refractivity (Wildman–Crippen MR) is 119 cm³/mol. The van der Waals surface area contributed by atoms with Crippen LogP contribution < -0.4 is 10.3 Å². The second kappa shape index (κ2) is 8.35. The maximum absolute atomic E-state index is 12.8. The standard InChI is InChI=1S/C23H23N7O2/c1-15-17(11-26-30(15)18-3-5-19(32-2)6-4-18)12-29-8-7-21-20(13-29)23(31)28-22(27-21)16-9-24-14-25-10-16/h3-6,9-11,14H,7-8,12-13H2,1-2H3,(H,27,28,31). The summed E-state index contributed by atoms with van der Waals surface area (Å²) in [4.78, 5) is 30.6. The van der Waals surface area contributed by atoms with Crippen LogP contribution in [0.4, 0.5) is 0 Å². The second-order valence-corrected chi connectivity index (χ2v) is 7.79. The van der Waals surface area contributed by atoms with E-state index in [1.54, 1.807) is 19.5 Å². The number of methoxy groups -OCH3 is 1. The summed E-state index contributed by atoms with van der Waals surface area (Å²) in [5, 5.41) is 4.57. The minimum Gasteiger partial charge on any atom is -0.497 e. The van der Waals surface area contributed by atoms with E-state index in [0.717, 1.165) is 47.0 Å². The molecule has 4 aromatic rings. The first-order valence-electron chi connectivity index (χ1n) is 10.4. The molecule has 3 aromatic heterocycles. The highest BCUT2D eigenvalue weighted by atomic mass is 16.5. The third kappa shape index (κ3) is 3.78. The van der Waals surface area contributed by atoms with Gasteiger partial charge in [0.05, 0.1) is 35.8 Å². The number of hydrogen-bond acceptors (Lipinski definition) is 7. The zero-order valence-electron chi connectivity index (χ0n) is 17.9. The lowest BCUT2D eigenvalue weighted by Crippen LogP contribution is -2.35. The summed E-state index contributed by atoms with van der Waals surface area (Å²) in [6, 6.07) is 7.82. The first-order valence-corrected chi connectivity index (χ1v) is 10.4. The minimum absolute atomic E-state index is 0.107. The fraction of sp³-hybridized carbons (Fsp3) is 0.261. The van der Waals surface area contributed by atoms with Crippen molar-refractivity contribution in [3.63, 3.8) is 0 Å². The summed E-state index contributed by atoms with van der Waals surface area (Å²) in [6.45, 7) is 4.15. The highest BCUT2D eigenvalue weighted by Gasteiger charge is 2.23. The van der Waals surface area contributed by atoms with E-state index in [4.69, 9.17) is 4.74 Å². The molecular formula is C23H23N7O2. The molecule has 162 valence electrons. The van der Waals surface area contributed by atoms with Gasteiger partial charge in [0.2, 0.25) is 0 Å². The van der Waals surface area contributed by atoms with Gasteiger partial charge in [0.15, 0.2) is 0 Å². The summed E-state index contributed by atoms with van der Waals surface area (Å²) >= 11 is 0. The lowest BCUT2D eigenvalue weighted by atomic mass is 10.1. The van der Waals surface area contributed by atoms with Crippen molar-refractivity contribution < 1.29 is 4.74 Å². The van der Waals surface area contributed by atoms with E-state index in [1.165, 1.54) is 6.33 Å². The number of rotatable bonds is 5. The van der Waals surface area contributed by atoms with Gasteiger partial charge in [-0.2, -0.15) is 5.10 Å². The summed E-state index contributed by atoms with van der Waals surface area (Å²) in [6.07, 6.45) is 7.37. The number of benzene rings is 1. The van der Waals surface area contributed by atoms with Crippen LogP contribution in [0.2, 0.25) is 0 Å². The van der Waals surface area contributed by atoms with E-state index in [-0.39, 0.29) is 5.56 Å². The van der Waals surface area contributed by atoms with E-state index in [9.17, 15) is 4.79 Å². The van der Waals surface area contributed by atoms with Crippen LogP contribution in [-0.2, 0) is 19.5 Å². The topological polar surface area (TPSA) is 102 Å². The number of H-pyrrole nitrogens is 1. The molecule has 0 atom stereocenters. The molecule has 1 N–H and O–H groups in total. The van der Waals surface area contributed by atoms with Gasteiger partial charge in [0.25, 0.3) is 5.56 Å². The monoisotopic (exact) mass is 429 g/mol. The Labute approximate surface area is 184 Å². The van der Waals surface area contributed by atoms with Gasteiger partial charge in [-0.1, -0.05) is 0 Å². The molecule has 0 saturated heterocycles. The van der Waals surface area contributed by atoms with Crippen molar-refractivity contribution in [3.8, 4) is 22.8 Å². The summed E-state index contributed by atoms with van der Waals surface area (Å²) in [7, 11) is 1.65. The fourth-order valence-electron chi connectivity index (χ4n) is 4.00. The molecule has 1 aliphatic rings.